The Bertz CT molecular complexity index is 436. The molecule has 84 valence electrons. The van der Waals surface area contributed by atoms with E-state index in [2.05, 4.69) is 31.5 Å². The lowest BCUT2D eigenvalue weighted by molar-refractivity contribution is -0.119. The van der Waals surface area contributed by atoms with E-state index >= 15 is 0 Å². The van der Waals surface area contributed by atoms with Crippen LogP contribution in [-0.2, 0) is 4.79 Å². The first-order valence-corrected chi connectivity index (χ1v) is 5.64. The Morgan fingerprint density at radius 2 is 2.44 bits per heavy atom. The van der Waals surface area contributed by atoms with Crippen molar-refractivity contribution in [1.82, 2.24) is 15.6 Å². The van der Waals surface area contributed by atoms with Gasteiger partial charge in [0.05, 0.1) is 6.04 Å². The van der Waals surface area contributed by atoms with Crippen LogP contribution in [0.5, 0.6) is 0 Å². The molecule has 1 saturated heterocycles. The van der Waals surface area contributed by atoms with Crippen molar-refractivity contribution in [3.05, 3.63) is 28.5 Å². The van der Waals surface area contributed by atoms with E-state index in [1.54, 1.807) is 18.3 Å². The van der Waals surface area contributed by atoms with Crippen LogP contribution in [0.3, 0.4) is 0 Å². The highest BCUT2D eigenvalue weighted by Crippen LogP contribution is 2.13. The third-order valence-electron chi connectivity index (χ3n) is 2.29. The second-order valence-corrected chi connectivity index (χ2v) is 4.37. The molecule has 5 nitrogen and oxygen atoms in total. The minimum atomic E-state index is -0.269. The number of nitrogens with one attached hydrogen (secondary N) is 2. The molecule has 1 aromatic rings. The van der Waals surface area contributed by atoms with Gasteiger partial charge in [-0.3, -0.25) is 9.59 Å². The van der Waals surface area contributed by atoms with Crippen LogP contribution in [0.15, 0.2) is 22.8 Å². The molecule has 2 heterocycles. The van der Waals surface area contributed by atoms with Crippen molar-refractivity contribution in [2.24, 2.45) is 0 Å². The smallest absolute Gasteiger partial charge is 0.271 e. The molecule has 0 saturated carbocycles. The molecule has 16 heavy (non-hydrogen) atoms. The summed E-state index contributed by atoms with van der Waals surface area (Å²) in [5, 5.41) is 5.41. The van der Waals surface area contributed by atoms with Gasteiger partial charge in [0.2, 0.25) is 5.91 Å². The maximum Gasteiger partial charge on any atom is 0.271 e. The molecule has 1 unspecified atom stereocenters. The van der Waals surface area contributed by atoms with Crippen molar-refractivity contribution in [3.8, 4) is 0 Å². The van der Waals surface area contributed by atoms with Gasteiger partial charge in [-0.05, 0) is 28.1 Å². The largest absolute Gasteiger partial charge is 0.354 e. The second-order valence-electron chi connectivity index (χ2n) is 3.51. The summed E-state index contributed by atoms with van der Waals surface area (Å²) in [5.41, 5.74) is 0.335. The third kappa shape index (κ3) is 2.38. The van der Waals surface area contributed by atoms with Gasteiger partial charge in [-0.1, -0.05) is 0 Å². The van der Waals surface area contributed by atoms with Crippen molar-refractivity contribution < 1.29 is 9.59 Å². The minimum Gasteiger partial charge on any atom is -0.354 e. The maximum atomic E-state index is 11.8. The Balaban J connectivity index is 2.03. The van der Waals surface area contributed by atoms with E-state index in [1.165, 1.54) is 0 Å². The Morgan fingerprint density at radius 1 is 1.62 bits per heavy atom. The number of pyridine rings is 1. The Morgan fingerprint density at radius 3 is 3.06 bits per heavy atom. The predicted octanol–water partition coefficient (Wildman–Crippen LogP) is 0.462. The first kappa shape index (κ1) is 11.1. The number of carbonyl (C=O) groups excluding carboxylic acids is 2. The summed E-state index contributed by atoms with van der Waals surface area (Å²) in [7, 11) is 0. The van der Waals surface area contributed by atoms with E-state index in [9.17, 15) is 9.59 Å². The zero-order valence-electron chi connectivity index (χ0n) is 8.37. The molecule has 6 heteroatoms. The molecular weight excluding hydrogens is 274 g/mol. The highest BCUT2D eigenvalue weighted by molar-refractivity contribution is 9.10. The summed E-state index contributed by atoms with van der Waals surface area (Å²) in [4.78, 5) is 26.7. The number of hydrogen-bond acceptors (Lipinski definition) is 3. The van der Waals surface area contributed by atoms with Gasteiger partial charge in [-0.15, -0.1) is 0 Å². The van der Waals surface area contributed by atoms with Gasteiger partial charge in [-0.25, -0.2) is 4.98 Å². The van der Waals surface area contributed by atoms with Gasteiger partial charge in [0.1, 0.15) is 5.69 Å². The average Bonchev–Trinajstić information content (AvgIpc) is 2.64. The lowest BCUT2D eigenvalue weighted by Gasteiger charge is -2.10. The van der Waals surface area contributed by atoms with Crippen LogP contribution in [0, 0.1) is 0 Å². The summed E-state index contributed by atoms with van der Waals surface area (Å²) >= 11 is 3.25. The van der Waals surface area contributed by atoms with E-state index in [0.717, 1.165) is 0 Å². The van der Waals surface area contributed by atoms with Crippen LogP contribution < -0.4 is 10.6 Å². The van der Waals surface area contributed by atoms with Gasteiger partial charge in [0.15, 0.2) is 0 Å². The molecule has 0 aromatic carbocycles. The SMILES string of the molecule is O=C1CC(NC(=O)c2ncccc2Br)CN1. The van der Waals surface area contributed by atoms with Crippen molar-refractivity contribution in [1.29, 1.82) is 0 Å². The summed E-state index contributed by atoms with van der Waals surface area (Å²) in [6, 6.07) is 3.34. The number of aromatic nitrogens is 1. The molecule has 1 aliphatic heterocycles. The number of hydrogen-bond donors (Lipinski definition) is 2. The van der Waals surface area contributed by atoms with E-state index < -0.39 is 0 Å². The number of rotatable bonds is 2. The molecule has 1 fully saturated rings. The number of carbonyl (C=O) groups is 2. The van der Waals surface area contributed by atoms with E-state index in [-0.39, 0.29) is 17.9 Å². The Labute approximate surface area is 101 Å². The number of halogens is 1. The molecule has 0 aliphatic carbocycles. The van der Waals surface area contributed by atoms with Gasteiger partial charge >= 0.3 is 0 Å². The standard InChI is InChI=1S/C10H10BrN3O2/c11-7-2-1-3-12-9(7)10(16)14-6-4-8(15)13-5-6/h1-3,6H,4-5H2,(H,13,15)(H,14,16). The van der Waals surface area contributed by atoms with Crippen molar-refractivity contribution in [2.45, 2.75) is 12.5 Å². The van der Waals surface area contributed by atoms with Crippen LogP contribution in [0.25, 0.3) is 0 Å². The van der Waals surface area contributed by atoms with Crippen LogP contribution in [0.1, 0.15) is 16.9 Å². The molecule has 0 radical (unpaired) electrons. The monoisotopic (exact) mass is 283 g/mol. The highest BCUT2D eigenvalue weighted by Gasteiger charge is 2.24. The van der Waals surface area contributed by atoms with Crippen LogP contribution in [0.2, 0.25) is 0 Å². The van der Waals surface area contributed by atoms with Crippen LogP contribution >= 0.6 is 15.9 Å². The van der Waals surface area contributed by atoms with Crippen LogP contribution in [0.4, 0.5) is 0 Å². The number of amides is 2. The van der Waals surface area contributed by atoms with E-state index in [0.29, 0.717) is 23.1 Å². The van der Waals surface area contributed by atoms with Crippen LogP contribution in [-0.4, -0.2) is 29.4 Å². The number of nitrogens with zero attached hydrogens (tertiary/aromatic N) is 1. The fraction of sp³-hybridized carbons (Fsp3) is 0.300. The van der Waals surface area contributed by atoms with Gasteiger partial charge in [0.25, 0.3) is 5.91 Å². The molecular formula is C10H10BrN3O2. The van der Waals surface area contributed by atoms with E-state index in [4.69, 9.17) is 0 Å². The van der Waals surface area contributed by atoms with Gasteiger partial charge in [-0.2, -0.15) is 0 Å². The minimum absolute atomic E-state index is 0.0367. The fourth-order valence-electron chi connectivity index (χ4n) is 1.51. The molecule has 0 bridgehead atoms. The first-order valence-electron chi connectivity index (χ1n) is 4.85. The zero-order chi connectivity index (χ0) is 11.5. The third-order valence-corrected chi connectivity index (χ3v) is 2.93. The van der Waals surface area contributed by atoms with E-state index in [1.807, 2.05) is 0 Å². The topological polar surface area (TPSA) is 71.1 Å². The predicted molar refractivity (Wildman–Crippen MR) is 60.8 cm³/mol. The first-order chi connectivity index (χ1) is 7.66. The molecule has 2 rings (SSSR count). The Hall–Kier alpha value is -1.43. The maximum absolute atomic E-state index is 11.8. The molecule has 1 aliphatic rings. The summed E-state index contributed by atoms with van der Waals surface area (Å²) in [6.45, 7) is 0.481. The Kier molecular flexibility index (Phi) is 3.19. The van der Waals surface area contributed by atoms with Crippen molar-refractivity contribution in [2.75, 3.05) is 6.54 Å². The highest BCUT2D eigenvalue weighted by atomic mass is 79.9. The van der Waals surface area contributed by atoms with Gasteiger partial charge in [0, 0.05) is 23.6 Å². The molecule has 2 amide bonds. The molecule has 0 spiro atoms. The van der Waals surface area contributed by atoms with Crippen molar-refractivity contribution in [3.63, 3.8) is 0 Å². The summed E-state index contributed by atoms with van der Waals surface area (Å²) in [6.07, 6.45) is 1.88. The average molecular weight is 284 g/mol. The lowest BCUT2D eigenvalue weighted by Crippen LogP contribution is -2.36. The quantitative estimate of drug-likeness (QED) is 0.829. The molecule has 1 aromatic heterocycles. The lowest BCUT2D eigenvalue weighted by atomic mass is 10.2. The van der Waals surface area contributed by atoms with Crippen molar-refractivity contribution >= 4 is 27.7 Å². The van der Waals surface area contributed by atoms with Gasteiger partial charge < -0.3 is 10.6 Å². The summed E-state index contributed by atoms with van der Waals surface area (Å²) < 4.78 is 0.643. The normalized spacial score (nSPS) is 19.3. The second kappa shape index (κ2) is 4.61. The zero-order valence-corrected chi connectivity index (χ0v) is 9.95. The fourth-order valence-corrected chi connectivity index (χ4v) is 1.95. The molecule has 1 atom stereocenters. The summed E-state index contributed by atoms with van der Waals surface area (Å²) in [5.74, 6) is -0.306. The molecule has 2 N–H and O–H groups in total.